The number of halogens is 4. The van der Waals surface area contributed by atoms with Crippen LogP contribution in [0.4, 0.5) is 18.9 Å². The Balaban J connectivity index is 2.56. The highest BCUT2D eigenvalue weighted by Gasteiger charge is 2.33. The van der Waals surface area contributed by atoms with Crippen molar-refractivity contribution in [3.05, 3.63) is 63.0 Å². The Morgan fingerprint density at radius 2 is 1.85 bits per heavy atom. The van der Waals surface area contributed by atoms with Crippen molar-refractivity contribution in [1.29, 1.82) is 0 Å². The van der Waals surface area contributed by atoms with Crippen molar-refractivity contribution in [2.45, 2.75) is 6.18 Å². The molecule has 3 aromatic rings. The first-order valence-electron chi connectivity index (χ1n) is 7.03. The fourth-order valence-electron chi connectivity index (χ4n) is 2.51. The number of hydrogen-bond donors (Lipinski definition) is 2. The molecule has 1 aromatic carbocycles. The smallest absolute Gasteiger partial charge is 0.433 e. The van der Waals surface area contributed by atoms with Crippen LogP contribution in [-0.4, -0.2) is 20.6 Å². The average molecular weight is 384 g/mol. The quantitative estimate of drug-likeness (QED) is 0.707. The molecule has 0 saturated heterocycles. The number of nitrogens with zero attached hydrogens (tertiary/aromatic N) is 2. The summed E-state index contributed by atoms with van der Waals surface area (Å²) in [5.41, 5.74) is 1.61. The van der Waals surface area contributed by atoms with Gasteiger partial charge in [-0.25, -0.2) is 9.78 Å². The molecular formula is C16H9ClF3N3O3. The van der Waals surface area contributed by atoms with E-state index in [1.54, 1.807) is 6.07 Å². The number of carbonyl (C=O) groups is 1. The van der Waals surface area contributed by atoms with Crippen molar-refractivity contribution in [1.82, 2.24) is 9.55 Å². The van der Waals surface area contributed by atoms with Crippen molar-refractivity contribution in [2.75, 3.05) is 5.73 Å². The van der Waals surface area contributed by atoms with Gasteiger partial charge in [0.05, 0.1) is 16.4 Å². The number of hydrogen-bond acceptors (Lipinski definition) is 4. The van der Waals surface area contributed by atoms with E-state index in [0.717, 1.165) is 6.07 Å². The number of nitrogen functional groups attached to an aromatic ring is 1. The molecule has 0 bridgehead atoms. The van der Waals surface area contributed by atoms with E-state index in [4.69, 9.17) is 17.3 Å². The first-order chi connectivity index (χ1) is 12.1. The van der Waals surface area contributed by atoms with Crippen LogP contribution in [0.2, 0.25) is 5.02 Å². The number of benzene rings is 1. The van der Waals surface area contributed by atoms with E-state index < -0.39 is 40.3 Å². The van der Waals surface area contributed by atoms with Crippen LogP contribution in [0.3, 0.4) is 0 Å². The van der Waals surface area contributed by atoms with Crippen LogP contribution in [0.25, 0.3) is 16.7 Å². The van der Waals surface area contributed by atoms with Gasteiger partial charge in [0.15, 0.2) is 0 Å². The van der Waals surface area contributed by atoms with Gasteiger partial charge in [-0.3, -0.25) is 9.36 Å². The van der Waals surface area contributed by atoms with E-state index in [1.807, 2.05) is 0 Å². The monoisotopic (exact) mass is 383 g/mol. The number of fused-ring (bicyclic) bond motifs is 1. The molecule has 2 aromatic heterocycles. The number of aromatic nitrogens is 2. The number of alkyl halides is 3. The first-order valence-corrected chi connectivity index (χ1v) is 7.41. The molecule has 10 heteroatoms. The molecular weight excluding hydrogens is 375 g/mol. The third-order valence-electron chi connectivity index (χ3n) is 3.66. The first kappa shape index (κ1) is 17.7. The highest BCUT2D eigenvalue weighted by molar-refractivity contribution is 6.32. The number of para-hydroxylation sites is 1. The second-order valence-electron chi connectivity index (χ2n) is 5.25. The van der Waals surface area contributed by atoms with Crippen molar-refractivity contribution in [2.24, 2.45) is 0 Å². The summed E-state index contributed by atoms with van der Waals surface area (Å²) in [4.78, 5) is 27.6. The van der Waals surface area contributed by atoms with Crippen molar-refractivity contribution in [3.63, 3.8) is 0 Å². The number of rotatable bonds is 2. The summed E-state index contributed by atoms with van der Waals surface area (Å²) in [7, 11) is 0. The Labute approximate surface area is 148 Å². The number of anilines is 1. The summed E-state index contributed by atoms with van der Waals surface area (Å²) in [6, 6.07) is 7.42. The van der Waals surface area contributed by atoms with Gasteiger partial charge in [0.25, 0.3) is 5.56 Å². The van der Waals surface area contributed by atoms with E-state index >= 15 is 0 Å². The van der Waals surface area contributed by atoms with Gasteiger partial charge in [-0.15, -0.1) is 0 Å². The molecule has 0 fully saturated rings. The van der Waals surface area contributed by atoms with Crippen LogP contribution >= 0.6 is 11.6 Å². The van der Waals surface area contributed by atoms with Crippen LogP contribution in [0, 0.1) is 0 Å². The number of pyridine rings is 2. The van der Waals surface area contributed by atoms with Crippen LogP contribution in [0.15, 0.2) is 41.2 Å². The predicted octanol–water partition coefficient (Wildman–Crippen LogP) is 3.34. The van der Waals surface area contributed by atoms with Gasteiger partial charge in [-0.1, -0.05) is 23.7 Å². The molecule has 0 atom stereocenters. The maximum absolute atomic E-state index is 13.0. The van der Waals surface area contributed by atoms with Crippen molar-refractivity contribution >= 4 is 34.3 Å². The average Bonchev–Trinajstić information content (AvgIpc) is 2.55. The molecule has 0 aliphatic carbocycles. The highest BCUT2D eigenvalue weighted by Crippen LogP contribution is 2.32. The number of nitrogens with two attached hydrogens (primary N) is 1. The zero-order valence-electron chi connectivity index (χ0n) is 12.7. The lowest BCUT2D eigenvalue weighted by Crippen LogP contribution is -2.28. The Kier molecular flexibility index (Phi) is 4.11. The van der Waals surface area contributed by atoms with Gasteiger partial charge in [0.2, 0.25) is 0 Å². The fourth-order valence-corrected chi connectivity index (χ4v) is 2.73. The molecule has 3 N–H and O–H groups in total. The van der Waals surface area contributed by atoms with E-state index in [0.29, 0.717) is 10.6 Å². The molecule has 26 heavy (non-hydrogen) atoms. The van der Waals surface area contributed by atoms with Gasteiger partial charge in [-0.2, -0.15) is 13.2 Å². The van der Waals surface area contributed by atoms with Gasteiger partial charge >= 0.3 is 12.1 Å². The molecule has 0 spiro atoms. The maximum Gasteiger partial charge on any atom is 0.433 e. The van der Waals surface area contributed by atoms with Crippen LogP contribution < -0.4 is 11.3 Å². The minimum absolute atomic E-state index is 0.0153. The number of aromatic carboxylic acids is 1. The Morgan fingerprint density at radius 1 is 1.19 bits per heavy atom. The van der Waals surface area contributed by atoms with Crippen LogP contribution in [0.5, 0.6) is 0 Å². The van der Waals surface area contributed by atoms with E-state index in [-0.39, 0.29) is 16.1 Å². The summed E-state index contributed by atoms with van der Waals surface area (Å²) >= 11 is 6.04. The highest BCUT2D eigenvalue weighted by atomic mass is 35.5. The zero-order chi connectivity index (χ0) is 19.2. The standard InChI is InChI=1S/C16H9ClF3N3O3/c17-8-3-1-2-4-9(8)23-13-7(5-6-10(22-13)16(18,19)20)12(21)11(14(23)24)15(25)26/h1-6H,21H2,(H,25,26). The molecule has 134 valence electrons. The van der Waals surface area contributed by atoms with Gasteiger partial charge in [0.1, 0.15) is 16.9 Å². The predicted molar refractivity (Wildman–Crippen MR) is 88.7 cm³/mol. The Bertz CT molecular complexity index is 1110. The second-order valence-corrected chi connectivity index (χ2v) is 5.66. The van der Waals surface area contributed by atoms with Crippen molar-refractivity contribution in [3.8, 4) is 5.69 Å². The van der Waals surface area contributed by atoms with E-state index in [9.17, 15) is 27.9 Å². The van der Waals surface area contributed by atoms with Crippen LogP contribution in [-0.2, 0) is 6.18 Å². The third-order valence-corrected chi connectivity index (χ3v) is 3.98. The van der Waals surface area contributed by atoms with Crippen molar-refractivity contribution < 1.29 is 23.1 Å². The van der Waals surface area contributed by atoms with Gasteiger partial charge < -0.3 is 10.8 Å². The minimum Gasteiger partial charge on any atom is -0.477 e. The molecule has 6 nitrogen and oxygen atoms in total. The van der Waals surface area contributed by atoms with E-state index in [2.05, 4.69) is 4.98 Å². The molecule has 0 unspecified atom stereocenters. The molecule has 0 aliphatic heterocycles. The summed E-state index contributed by atoms with van der Waals surface area (Å²) in [6.07, 6.45) is -4.77. The lowest BCUT2D eigenvalue weighted by atomic mass is 10.1. The van der Waals surface area contributed by atoms with E-state index in [1.165, 1.54) is 18.2 Å². The second kappa shape index (κ2) is 6.03. The minimum atomic E-state index is -4.77. The van der Waals surface area contributed by atoms with Crippen LogP contribution in [0.1, 0.15) is 16.1 Å². The number of carboxylic acid groups (broad SMARTS) is 1. The normalized spacial score (nSPS) is 11.7. The molecule has 0 aliphatic rings. The molecule has 0 saturated carbocycles. The Hall–Kier alpha value is -3.07. The maximum atomic E-state index is 13.0. The summed E-state index contributed by atoms with van der Waals surface area (Å²) in [5, 5.41) is 9.21. The lowest BCUT2D eigenvalue weighted by molar-refractivity contribution is -0.141. The van der Waals surface area contributed by atoms with Gasteiger partial charge in [0, 0.05) is 5.39 Å². The topological polar surface area (TPSA) is 98.2 Å². The molecule has 2 heterocycles. The molecule has 3 rings (SSSR count). The van der Waals surface area contributed by atoms with Gasteiger partial charge in [-0.05, 0) is 24.3 Å². The SMILES string of the molecule is Nc1c(C(=O)O)c(=O)n(-c2ccccc2Cl)c2nc(C(F)(F)F)ccc12. The molecule has 0 radical (unpaired) electrons. The molecule has 0 amide bonds. The largest absolute Gasteiger partial charge is 0.477 e. The summed E-state index contributed by atoms with van der Waals surface area (Å²) in [6.45, 7) is 0. The summed E-state index contributed by atoms with van der Waals surface area (Å²) in [5.74, 6) is -1.62. The Morgan fingerprint density at radius 3 is 2.42 bits per heavy atom. The lowest BCUT2D eigenvalue weighted by Gasteiger charge is -2.16. The number of carboxylic acids is 1. The fraction of sp³-hybridized carbons (Fsp3) is 0.0625. The zero-order valence-corrected chi connectivity index (χ0v) is 13.5. The summed E-state index contributed by atoms with van der Waals surface area (Å²) < 4.78 is 39.8. The third kappa shape index (κ3) is 2.76.